The normalized spacial score (nSPS) is 23.8. The fourth-order valence-electron chi connectivity index (χ4n) is 2.38. The van der Waals surface area contributed by atoms with Crippen LogP contribution in [0.15, 0.2) is 18.2 Å². The molecule has 1 aliphatic rings. The number of sulfone groups is 1. The number of halogens is 2. The monoisotopic (exact) mass is 322 g/mol. The summed E-state index contributed by atoms with van der Waals surface area (Å²) in [6.07, 6.45) is 2.24. The summed E-state index contributed by atoms with van der Waals surface area (Å²) in [4.78, 5) is 0. The van der Waals surface area contributed by atoms with Crippen LogP contribution in [0, 0.1) is 0 Å². The third kappa shape index (κ3) is 3.18. The van der Waals surface area contributed by atoms with Crippen LogP contribution in [-0.2, 0) is 9.84 Å². The summed E-state index contributed by atoms with van der Waals surface area (Å²) < 4.78 is 29.2. The second-order valence-electron chi connectivity index (χ2n) is 4.70. The predicted molar refractivity (Wildman–Crippen MR) is 78.0 cm³/mol. The van der Waals surface area contributed by atoms with Crippen molar-refractivity contribution >= 4 is 33.0 Å². The molecule has 1 saturated heterocycles. The molecule has 0 spiro atoms. The fraction of sp³-hybridized carbons (Fsp3) is 0.538. The lowest BCUT2D eigenvalue weighted by Gasteiger charge is -2.26. The van der Waals surface area contributed by atoms with E-state index in [-0.39, 0.29) is 5.75 Å². The molecule has 19 heavy (non-hydrogen) atoms. The second-order valence-corrected chi connectivity index (χ2v) is 7.91. The van der Waals surface area contributed by atoms with Crippen molar-refractivity contribution in [1.29, 1.82) is 0 Å². The van der Waals surface area contributed by atoms with Crippen molar-refractivity contribution < 1.29 is 13.2 Å². The van der Waals surface area contributed by atoms with Crippen molar-refractivity contribution in [3.63, 3.8) is 0 Å². The minimum Gasteiger partial charge on any atom is -0.495 e. The first-order valence-electron chi connectivity index (χ1n) is 6.15. The lowest BCUT2D eigenvalue weighted by Crippen LogP contribution is -2.31. The topological polar surface area (TPSA) is 43.4 Å². The maximum absolute atomic E-state index is 12.1. The minimum absolute atomic E-state index is 0.227. The summed E-state index contributed by atoms with van der Waals surface area (Å²) in [6, 6.07) is 5.16. The van der Waals surface area contributed by atoms with Crippen molar-refractivity contribution in [1.82, 2.24) is 0 Å². The van der Waals surface area contributed by atoms with E-state index in [1.54, 1.807) is 18.2 Å². The summed E-state index contributed by atoms with van der Waals surface area (Å²) in [5.74, 6) is 0.783. The van der Waals surface area contributed by atoms with E-state index >= 15 is 0 Å². The second kappa shape index (κ2) is 5.90. The number of ether oxygens (including phenoxy) is 1. The highest BCUT2D eigenvalue weighted by molar-refractivity contribution is 7.92. The third-order valence-electron chi connectivity index (χ3n) is 3.45. The number of benzene rings is 1. The molecule has 1 aromatic rings. The van der Waals surface area contributed by atoms with Crippen LogP contribution in [0.4, 0.5) is 0 Å². The Balaban J connectivity index is 2.28. The van der Waals surface area contributed by atoms with Gasteiger partial charge in [-0.1, -0.05) is 24.1 Å². The standard InChI is InChI=1S/C13H16Cl2O3S/c1-18-11-6-5-9(8-10(11)14)13(15)12-4-2-3-7-19(12,16)17/h5-6,8,12-13H,2-4,7H2,1H3. The summed E-state index contributed by atoms with van der Waals surface area (Å²) in [6.45, 7) is 0. The van der Waals surface area contributed by atoms with Crippen LogP contribution >= 0.6 is 23.2 Å². The molecule has 1 aromatic carbocycles. The largest absolute Gasteiger partial charge is 0.495 e. The van der Waals surface area contributed by atoms with Crippen molar-refractivity contribution in [2.45, 2.75) is 29.9 Å². The van der Waals surface area contributed by atoms with Crippen LogP contribution < -0.4 is 4.74 Å². The van der Waals surface area contributed by atoms with E-state index < -0.39 is 20.5 Å². The molecule has 106 valence electrons. The Morgan fingerprint density at radius 1 is 1.37 bits per heavy atom. The molecule has 0 amide bonds. The van der Waals surface area contributed by atoms with Gasteiger partial charge in [0.2, 0.25) is 0 Å². The SMILES string of the molecule is COc1ccc(C(Cl)C2CCCCS2(=O)=O)cc1Cl. The average molecular weight is 323 g/mol. The molecular formula is C13H16Cl2O3S. The minimum atomic E-state index is -3.11. The maximum atomic E-state index is 12.1. The first-order chi connectivity index (χ1) is 8.95. The van der Waals surface area contributed by atoms with Crippen LogP contribution in [0.2, 0.25) is 5.02 Å². The van der Waals surface area contributed by atoms with Gasteiger partial charge in [0.05, 0.1) is 28.5 Å². The van der Waals surface area contributed by atoms with E-state index in [1.807, 2.05) is 0 Å². The number of hydrogen-bond acceptors (Lipinski definition) is 3. The summed E-state index contributed by atoms with van der Waals surface area (Å²) in [5.41, 5.74) is 0.725. The van der Waals surface area contributed by atoms with Crippen molar-refractivity contribution in [2.75, 3.05) is 12.9 Å². The van der Waals surface area contributed by atoms with Crippen LogP contribution in [0.1, 0.15) is 30.2 Å². The number of rotatable bonds is 3. The van der Waals surface area contributed by atoms with Gasteiger partial charge in [-0.3, -0.25) is 0 Å². The van der Waals surface area contributed by atoms with E-state index in [1.165, 1.54) is 7.11 Å². The van der Waals surface area contributed by atoms with Crippen molar-refractivity contribution in [2.24, 2.45) is 0 Å². The molecule has 2 unspecified atom stereocenters. The van der Waals surface area contributed by atoms with E-state index in [0.29, 0.717) is 17.2 Å². The van der Waals surface area contributed by atoms with Gasteiger partial charge in [-0.25, -0.2) is 8.42 Å². The Hall–Kier alpha value is -0.450. The molecule has 2 rings (SSSR count). The highest BCUT2D eigenvalue weighted by atomic mass is 35.5. The number of alkyl halides is 1. The molecule has 3 nitrogen and oxygen atoms in total. The maximum Gasteiger partial charge on any atom is 0.154 e. The Morgan fingerprint density at radius 3 is 2.68 bits per heavy atom. The highest BCUT2D eigenvalue weighted by Gasteiger charge is 2.35. The molecule has 0 radical (unpaired) electrons. The first-order valence-corrected chi connectivity index (χ1v) is 8.68. The van der Waals surface area contributed by atoms with Crippen LogP contribution in [-0.4, -0.2) is 26.5 Å². The Labute approximate surface area is 123 Å². The molecule has 0 N–H and O–H groups in total. The van der Waals surface area contributed by atoms with Gasteiger partial charge in [-0.05, 0) is 30.5 Å². The molecule has 1 heterocycles. The van der Waals surface area contributed by atoms with E-state index in [4.69, 9.17) is 27.9 Å². The van der Waals surface area contributed by atoms with Gasteiger partial charge in [0, 0.05) is 0 Å². The van der Waals surface area contributed by atoms with Gasteiger partial charge in [0.25, 0.3) is 0 Å². The van der Waals surface area contributed by atoms with E-state index in [2.05, 4.69) is 0 Å². The van der Waals surface area contributed by atoms with Crippen LogP contribution in [0.5, 0.6) is 5.75 Å². The van der Waals surface area contributed by atoms with Gasteiger partial charge in [-0.2, -0.15) is 0 Å². The summed E-state index contributed by atoms with van der Waals surface area (Å²) in [7, 11) is -1.57. The Morgan fingerprint density at radius 2 is 2.11 bits per heavy atom. The average Bonchev–Trinajstić information content (AvgIpc) is 2.37. The molecule has 0 aromatic heterocycles. The quantitative estimate of drug-likeness (QED) is 0.798. The summed E-state index contributed by atoms with van der Waals surface area (Å²) in [5, 5.41) is -0.639. The number of methoxy groups -OCH3 is 1. The number of hydrogen-bond donors (Lipinski definition) is 0. The smallest absolute Gasteiger partial charge is 0.154 e. The molecule has 0 saturated carbocycles. The fourth-order valence-corrected chi connectivity index (χ4v) is 5.33. The molecule has 1 fully saturated rings. The van der Waals surface area contributed by atoms with E-state index in [9.17, 15) is 8.42 Å². The lowest BCUT2D eigenvalue weighted by atomic mass is 10.0. The van der Waals surface area contributed by atoms with E-state index in [0.717, 1.165) is 18.4 Å². The zero-order valence-electron chi connectivity index (χ0n) is 10.6. The molecule has 0 aliphatic carbocycles. The molecule has 6 heteroatoms. The van der Waals surface area contributed by atoms with Gasteiger partial charge in [-0.15, -0.1) is 11.6 Å². The molecule has 1 aliphatic heterocycles. The molecular weight excluding hydrogens is 307 g/mol. The van der Waals surface area contributed by atoms with Gasteiger partial charge in [0.1, 0.15) is 5.75 Å². The highest BCUT2D eigenvalue weighted by Crippen LogP contribution is 2.37. The first kappa shape index (κ1) is 14.9. The molecule has 0 bridgehead atoms. The predicted octanol–water partition coefficient (Wildman–Crippen LogP) is 3.60. The lowest BCUT2D eigenvalue weighted by molar-refractivity contribution is 0.415. The summed E-state index contributed by atoms with van der Waals surface area (Å²) >= 11 is 12.4. The van der Waals surface area contributed by atoms with Gasteiger partial charge >= 0.3 is 0 Å². The molecule has 2 atom stereocenters. The van der Waals surface area contributed by atoms with Gasteiger partial charge in [0.15, 0.2) is 9.84 Å². The van der Waals surface area contributed by atoms with Gasteiger partial charge < -0.3 is 4.74 Å². The third-order valence-corrected chi connectivity index (χ3v) is 6.74. The van der Waals surface area contributed by atoms with Crippen LogP contribution in [0.25, 0.3) is 0 Å². The Bertz CT molecular complexity index is 557. The van der Waals surface area contributed by atoms with Crippen LogP contribution in [0.3, 0.4) is 0 Å². The van der Waals surface area contributed by atoms with Crippen molar-refractivity contribution in [3.8, 4) is 5.75 Å². The zero-order valence-corrected chi connectivity index (χ0v) is 12.9. The Kier molecular flexibility index (Phi) is 4.64. The van der Waals surface area contributed by atoms with Crippen molar-refractivity contribution in [3.05, 3.63) is 28.8 Å². The zero-order chi connectivity index (χ0) is 14.0.